The van der Waals surface area contributed by atoms with E-state index >= 15 is 0 Å². The summed E-state index contributed by atoms with van der Waals surface area (Å²) in [5.74, 6) is 0.264. The van der Waals surface area contributed by atoms with Gasteiger partial charge in [-0.3, -0.25) is 0 Å². The highest BCUT2D eigenvalue weighted by Crippen LogP contribution is 2.19. The Balaban J connectivity index is 2.19. The molecule has 2 rings (SSSR count). The largest absolute Gasteiger partial charge is 0.367 e. The highest BCUT2D eigenvalue weighted by atomic mass is 35.5. The molecular formula is C6H6ClN5S. The van der Waals surface area contributed by atoms with Gasteiger partial charge in [-0.1, -0.05) is 11.6 Å². The molecule has 7 heteroatoms. The van der Waals surface area contributed by atoms with E-state index in [1.807, 2.05) is 0 Å². The van der Waals surface area contributed by atoms with Crippen molar-refractivity contribution < 1.29 is 0 Å². The second-order valence-corrected chi connectivity index (χ2v) is 3.66. The SMILES string of the molecule is Nc1ncn(Cc2scnc2Cl)n1. The fourth-order valence-electron chi connectivity index (χ4n) is 0.892. The molecule has 2 aromatic heterocycles. The van der Waals surface area contributed by atoms with Crippen LogP contribution in [0.3, 0.4) is 0 Å². The first-order chi connectivity index (χ1) is 6.25. The fourth-order valence-corrected chi connectivity index (χ4v) is 1.83. The number of halogens is 1. The van der Waals surface area contributed by atoms with Crippen LogP contribution in [0.25, 0.3) is 0 Å². The molecule has 5 nitrogen and oxygen atoms in total. The zero-order valence-corrected chi connectivity index (χ0v) is 8.09. The van der Waals surface area contributed by atoms with Crippen molar-refractivity contribution >= 4 is 28.9 Å². The highest BCUT2D eigenvalue weighted by molar-refractivity contribution is 7.10. The lowest BCUT2D eigenvalue weighted by atomic mass is 10.5. The predicted octanol–water partition coefficient (Wildman–Crippen LogP) is 1.02. The predicted molar refractivity (Wildman–Crippen MR) is 50.7 cm³/mol. The Hall–Kier alpha value is -1.14. The zero-order chi connectivity index (χ0) is 9.26. The van der Waals surface area contributed by atoms with E-state index in [1.165, 1.54) is 11.3 Å². The quantitative estimate of drug-likeness (QED) is 0.812. The lowest BCUT2D eigenvalue weighted by Gasteiger charge is -1.95. The van der Waals surface area contributed by atoms with Crippen LogP contribution in [0.1, 0.15) is 4.88 Å². The average molecular weight is 216 g/mol. The zero-order valence-electron chi connectivity index (χ0n) is 6.51. The monoisotopic (exact) mass is 215 g/mol. The summed E-state index contributed by atoms with van der Waals surface area (Å²) in [4.78, 5) is 8.66. The van der Waals surface area contributed by atoms with Crippen molar-refractivity contribution in [3.05, 3.63) is 21.9 Å². The smallest absolute Gasteiger partial charge is 0.239 e. The third kappa shape index (κ3) is 1.78. The molecule has 13 heavy (non-hydrogen) atoms. The molecule has 0 aliphatic heterocycles. The molecule has 0 saturated heterocycles. The van der Waals surface area contributed by atoms with E-state index in [9.17, 15) is 0 Å². The molecule has 0 spiro atoms. The van der Waals surface area contributed by atoms with Crippen molar-refractivity contribution in [2.75, 3.05) is 5.73 Å². The van der Waals surface area contributed by atoms with Crippen LogP contribution in [0.15, 0.2) is 11.8 Å². The summed E-state index contributed by atoms with van der Waals surface area (Å²) in [5.41, 5.74) is 7.05. The molecule has 2 N–H and O–H groups in total. The first kappa shape index (κ1) is 8.46. The number of hydrogen-bond acceptors (Lipinski definition) is 5. The van der Waals surface area contributed by atoms with Gasteiger partial charge in [0.1, 0.15) is 11.5 Å². The van der Waals surface area contributed by atoms with Crippen LogP contribution in [0.4, 0.5) is 5.95 Å². The van der Waals surface area contributed by atoms with Crippen LogP contribution < -0.4 is 5.73 Å². The molecule has 0 radical (unpaired) electrons. The van der Waals surface area contributed by atoms with Crippen LogP contribution in [-0.4, -0.2) is 19.7 Å². The molecular weight excluding hydrogens is 210 g/mol. The second kappa shape index (κ2) is 3.31. The molecule has 68 valence electrons. The minimum Gasteiger partial charge on any atom is -0.367 e. The highest BCUT2D eigenvalue weighted by Gasteiger charge is 2.04. The summed E-state index contributed by atoms with van der Waals surface area (Å²) in [6.07, 6.45) is 1.56. The second-order valence-electron chi connectivity index (χ2n) is 2.37. The molecule has 0 fully saturated rings. The Labute approximate surface area is 83.2 Å². The van der Waals surface area contributed by atoms with Gasteiger partial charge in [0.25, 0.3) is 0 Å². The topological polar surface area (TPSA) is 69.6 Å². The molecule has 0 aliphatic rings. The Morgan fingerprint density at radius 3 is 2.92 bits per heavy atom. The van der Waals surface area contributed by atoms with Gasteiger partial charge in [-0.05, 0) is 0 Å². The van der Waals surface area contributed by atoms with Crippen molar-refractivity contribution in [3.63, 3.8) is 0 Å². The van der Waals surface area contributed by atoms with Crippen LogP contribution in [-0.2, 0) is 6.54 Å². The van der Waals surface area contributed by atoms with Crippen molar-refractivity contribution in [3.8, 4) is 0 Å². The van der Waals surface area contributed by atoms with E-state index in [-0.39, 0.29) is 5.95 Å². The number of aromatic nitrogens is 4. The number of nitrogens with zero attached hydrogens (tertiary/aromatic N) is 4. The van der Waals surface area contributed by atoms with E-state index in [4.69, 9.17) is 17.3 Å². The van der Waals surface area contributed by atoms with Crippen molar-refractivity contribution in [2.45, 2.75) is 6.54 Å². The maximum atomic E-state index is 5.80. The minimum absolute atomic E-state index is 0.264. The molecule has 2 aromatic rings. The van der Waals surface area contributed by atoms with Gasteiger partial charge in [-0.2, -0.15) is 0 Å². The standard InChI is InChI=1S/C6H6ClN5S/c7-5-4(13-3-10-5)1-12-2-9-6(8)11-12/h2-3H,1H2,(H2,8,11). The number of hydrogen-bond donors (Lipinski definition) is 1. The maximum Gasteiger partial charge on any atom is 0.239 e. The van der Waals surface area contributed by atoms with Crippen molar-refractivity contribution in [1.82, 2.24) is 19.7 Å². The van der Waals surface area contributed by atoms with Gasteiger partial charge in [-0.25, -0.2) is 14.6 Å². The Kier molecular flexibility index (Phi) is 2.15. The molecule has 0 amide bonds. The van der Waals surface area contributed by atoms with Crippen LogP contribution in [0, 0.1) is 0 Å². The lowest BCUT2D eigenvalue weighted by molar-refractivity contribution is 0.694. The third-order valence-corrected chi connectivity index (χ3v) is 2.71. The molecule has 0 saturated carbocycles. The summed E-state index contributed by atoms with van der Waals surface area (Å²) in [6.45, 7) is 0.563. The van der Waals surface area contributed by atoms with Crippen LogP contribution in [0.2, 0.25) is 5.15 Å². The van der Waals surface area contributed by atoms with Gasteiger partial charge in [0.15, 0.2) is 0 Å². The van der Waals surface area contributed by atoms with Gasteiger partial charge >= 0.3 is 0 Å². The number of thiazole rings is 1. The molecule has 0 bridgehead atoms. The minimum atomic E-state index is 0.264. The molecule has 0 unspecified atom stereocenters. The van der Waals surface area contributed by atoms with Gasteiger partial charge in [0.05, 0.1) is 16.9 Å². The Morgan fingerprint density at radius 2 is 2.38 bits per heavy atom. The molecule has 0 aromatic carbocycles. The van der Waals surface area contributed by atoms with Crippen molar-refractivity contribution in [1.29, 1.82) is 0 Å². The van der Waals surface area contributed by atoms with Crippen LogP contribution in [0.5, 0.6) is 0 Å². The lowest BCUT2D eigenvalue weighted by Crippen LogP contribution is -1.99. The summed E-state index contributed by atoms with van der Waals surface area (Å²) < 4.78 is 1.62. The van der Waals surface area contributed by atoms with E-state index < -0.39 is 0 Å². The fraction of sp³-hybridized carbons (Fsp3) is 0.167. The third-order valence-electron chi connectivity index (χ3n) is 1.45. The van der Waals surface area contributed by atoms with Gasteiger partial charge < -0.3 is 5.73 Å². The number of nitrogens with two attached hydrogens (primary N) is 1. The van der Waals surface area contributed by atoms with Gasteiger partial charge in [0.2, 0.25) is 5.95 Å². The summed E-state index contributed by atoms with van der Waals surface area (Å²) in [6, 6.07) is 0. The van der Waals surface area contributed by atoms with E-state index in [0.717, 1.165) is 4.88 Å². The Morgan fingerprint density at radius 1 is 1.54 bits per heavy atom. The Bertz CT molecular complexity index is 409. The van der Waals surface area contributed by atoms with Gasteiger partial charge in [0, 0.05) is 0 Å². The van der Waals surface area contributed by atoms with E-state index in [2.05, 4.69) is 15.1 Å². The average Bonchev–Trinajstić information content (AvgIpc) is 2.64. The maximum absolute atomic E-state index is 5.80. The van der Waals surface area contributed by atoms with Crippen molar-refractivity contribution in [2.24, 2.45) is 0 Å². The summed E-state index contributed by atoms with van der Waals surface area (Å²) in [5, 5.41) is 4.44. The molecule has 2 heterocycles. The first-order valence-corrected chi connectivity index (χ1v) is 4.74. The molecule has 0 atom stereocenters. The van der Waals surface area contributed by atoms with Crippen LogP contribution >= 0.6 is 22.9 Å². The molecule has 0 aliphatic carbocycles. The van der Waals surface area contributed by atoms with E-state index in [1.54, 1.807) is 16.5 Å². The number of anilines is 1. The first-order valence-electron chi connectivity index (χ1n) is 3.48. The van der Waals surface area contributed by atoms with E-state index in [0.29, 0.717) is 11.7 Å². The summed E-state index contributed by atoms with van der Waals surface area (Å²) in [7, 11) is 0. The number of rotatable bonds is 2. The summed E-state index contributed by atoms with van der Waals surface area (Å²) >= 11 is 7.28. The van der Waals surface area contributed by atoms with Gasteiger partial charge in [-0.15, -0.1) is 16.4 Å². The normalized spacial score (nSPS) is 10.5. The number of nitrogen functional groups attached to an aromatic ring is 1.